The number of aryl methyl sites for hydroxylation is 2. The lowest BCUT2D eigenvalue weighted by Gasteiger charge is -2.10. The van der Waals surface area contributed by atoms with Gasteiger partial charge in [-0.25, -0.2) is 5.43 Å². The number of hydrogen-bond acceptors (Lipinski definition) is 5. The number of furan rings is 1. The summed E-state index contributed by atoms with van der Waals surface area (Å²) >= 11 is 0. The molecule has 0 fully saturated rings. The Morgan fingerprint density at radius 1 is 1.10 bits per heavy atom. The zero-order valence-corrected chi connectivity index (χ0v) is 17.3. The molecular formula is C24H22N4O3. The number of nitrogens with zero attached hydrogens (tertiary/aromatic N) is 3. The van der Waals surface area contributed by atoms with Crippen LogP contribution in [0.3, 0.4) is 0 Å². The van der Waals surface area contributed by atoms with Gasteiger partial charge in [-0.15, -0.1) is 0 Å². The predicted molar refractivity (Wildman–Crippen MR) is 118 cm³/mol. The molecule has 156 valence electrons. The topological polar surface area (TPSA) is 81.6 Å². The second-order valence-electron chi connectivity index (χ2n) is 6.99. The summed E-state index contributed by atoms with van der Waals surface area (Å²) in [4.78, 5) is 16.1. The van der Waals surface area contributed by atoms with E-state index in [0.29, 0.717) is 5.76 Å². The Kier molecular flexibility index (Phi) is 5.93. The van der Waals surface area contributed by atoms with Crippen molar-refractivity contribution in [3.8, 4) is 11.4 Å². The molecule has 0 saturated heterocycles. The maximum atomic E-state index is 12.2. The Hall–Kier alpha value is -4.13. The van der Waals surface area contributed by atoms with Gasteiger partial charge in [0.15, 0.2) is 5.76 Å². The van der Waals surface area contributed by atoms with E-state index in [-0.39, 0.29) is 12.4 Å². The van der Waals surface area contributed by atoms with Crippen molar-refractivity contribution in [1.82, 2.24) is 15.0 Å². The molecule has 3 aromatic heterocycles. The summed E-state index contributed by atoms with van der Waals surface area (Å²) in [7, 11) is 0. The summed E-state index contributed by atoms with van der Waals surface area (Å²) in [5.74, 6) is 0.987. The number of carbonyl (C=O) groups is 1. The SMILES string of the molecule is Cc1ccc(C)n1-c1ccc(OCc2ccc(C(=O)NN=Cc3cccnc3)o2)cc1. The zero-order chi connectivity index (χ0) is 21.6. The molecule has 31 heavy (non-hydrogen) atoms. The maximum Gasteiger partial charge on any atom is 0.307 e. The molecule has 0 saturated carbocycles. The highest BCUT2D eigenvalue weighted by molar-refractivity contribution is 5.92. The smallest absolute Gasteiger partial charge is 0.307 e. The van der Waals surface area contributed by atoms with Crippen LogP contribution < -0.4 is 10.2 Å². The second-order valence-corrected chi connectivity index (χ2v) is 6.99. The van der Waals surface area contributed by atoms with E-state index in [9.17, 15) is 4.79 Å². The lowest BCUT2D eigenvalue weighted by atomic mass is 10.3. The fourth-order valence-corrected chi connectivity index (χ4v) is 3.17. The fourth-order valence-electron chi connectivity index (χ4n) is 3.17. The van der Waals surface area contributed by atoms with Crippen LogP contribution in [0, 0.1) is 13.8 Å². The minimum Gasteiger partial charge on any atom is -0.486 e. The number of aromatic nitrogens is 2. The molecule has 3 heterocycles. The zero-order valence-electron chi connectivity index (χ0n) is 17.3. The number of rotatable bonds is 7. The van der Waals surface area contributed by atoms with E-state index in [1.54, 1.807) is 30.6 Å². The van der Waals surface area contributed by atoms with Crippen LogP contribution in [0.1, 0.15) is 33.3 Å². The molecule has 1 N–H and O–H groups in total. The molecule has 0 bridgehead atoms. The van der Waals surface area contributed by atoms with Crippen molar-refractivity contribution in [2.24, 2.45) is 5.10 Å². The number of amides is 1. The van der Waals surface area contributed by atoms with Crippen molar-refractivity contribution in [1.29, 1.82) is 0 Å². The standard InChI is InChI=1S/C24H22N4O3/c1-17-5-6-18(2)28(17)20-7-9-21(10-8-20)30-16-22-11-12-23(31-22)24(29)27-26-15-19-4-3-13-25-14-19/h3-15H,16H2,1-2H3,(H,27,29). The number of ether oxygens (including phenoxy) is 1. The molecular weight excluding hydrogens is 392 g/mol. The van der Waals surface area contributed by atoms with E-state index >= 15 is 0 Å². The molecule has 0 unspecified atom stereocenters. The van der Waals surface area contributed by atoms with Crippen LogP contribution in [0.5, 0.6) is 5.75 Å². The number of pyridine rings is 1. The third-order valence-corrected chi connectivity index (χ3v) is 4.70. The number of benzene rings is 1. The summed E-state index contributed by atoms with van der Waals surface area (Å²) in [6.07, 6.45) is 4.82. The quantitative estimate of drug-likeness (QED) is 0.358. The minimum atomic E-state index is -0.437. The highest BCUT2D eigenvalue weighted by Gasteiger charge is 2.11. The lowest BCUT2D eigenvalue weighted by molar-refractivity contribution is 0.0923. The van der Waals surface area contributed by atoms with E-state index in [2.05, 4.69) is 46.1 Å². The molecule has 0 aliphatic heterocycles. The molecule has 1 amide bonds. The van der Waals surface area contributed by atoms with Crippen LogP contribution in [0.25, 0.3) is 5.69 Å². The molecule has 0 atom stereocenters. The van der Waals surface area contributed by atoms with E-state index in [1.165, 1.54) is 17.6 Å². The maximum absolute atomic E-state index is 12.2. The van der Waals surface area contributed by atoms with Gasteiger partial charge in [0, 0.05) is 35.0 Å². The molecule has 0 radical (unpaired) electrons. The van der Waals surface area contributed by atoms with E-state index < -0.39 is 5.91 Å². The van der Waals surface area contributed by atoms with Gasteiger partial charge < -0.3 is 13.7 Å². The van der Waals surface area contributed by atoms with Crippen molar-refractivity contribution in [3.63, 3.8) is 0 Å². The third kappa shape index (κ3) is 4.90. The summed E-state index contributed by atoms with van der Waals surface area (Å²) in [6, 6.07) is 19.0. The van der Waals surface area contributed by atoms with E-state index in [0.717, 1.165) is 17.0 Å². The first-order chi connectivity index (χ1) is 15.1. The summed E-state index contributed by atoms with van der Waals surface area (Å²) in [5, 5.41) is 3.90. The third-order valence-electron chi connectivity index (χ3n) is 4.70. The lowest BCUT2D eigenvalue weighted by Crippen LogP contribution is -2.16. The van der Waals surface area contributed by atoms with Crippen LogP contribution in [0.4, 0.5) is 0 Å². The predicted octanol–water partition coefficient (Wildman–Crippen LogP) is 4.43. The summed E-state index contributed by atoms with van der Waals surface area (Å²) in [6.45, 7) is 4.37. The minimum absolute atomic E-state index is 0.163. The van der Waals surface area contributed by atoms with Gasteiger partial charge in [0.05, 0.1) is 6.21 Å². The van der Waals surface area contributed by atoms with E-state index in [4.69, 9.17) is 9.15 Å². The normalized spacial score (nSPS) is 11.0. The van der Waals surface area contributed by atoms with Gasteiger partial charge in [0.2, 0.25) is 0 Å². The molecule has 4 rings (SSSR count). The fraction of sp³-hybridized carbons (Fsp3) is 0.125. The molecule has 7 nitrogen and oxygen atoms in total. The van der Waals surface area contributed by atoms with Crippen LogP contribution in [-0.4, -0.2) is 21.7 Å². The molecule has 4 aromatic rings. The molecule has 0 spiro atoms. The van der Waals surface area contributed by atoms with Crippen LogP contribution in [-0.2, 0) is 6.61 Å². The van der Waals surface area contributed by atoms with Crippen molar-refractivity contribution >= 4 is 12.1 Å². The molecule has 0 aliphatic rings. The number of hydrogen-bond donors (Lipinski definition) is 1. The first-order valence-electron chi connectivity index (χ1n) is 9.80. The number of nitrogens with one attached hydrogen (secondary N) is 1. The largest absolute Gasteiger partial charge is 0.486 e. The highest BCUT2D eigenvalue weighted by Crippen LogP contribution is 2.20. The van der Waals surface area contributed by atoms with Crippen molar-refractivity contribution in [2.75, 3.05) is 0 Å². The molecule has 0 aliphatic carbocycles. The van der Waals surface area contributed by atoms with Crippen LogP contribution in [0.2, 0.25) is 0 Å². The average molecular weight is 414 g/mol. The highest BCUT2D eigenvalue weighted by atomic mass is 16.5. The van der Waals surface area contributed by atoms with Gasteiger partial charge in [-0.3, -0.25) is 9.78 Å². The average Bonchev–Trinajstić information content (AvgIpc) is 3.40. The Labute approximate surface area is 180 Å². The van der Waals surface area contributed by atoms with Gasteiger partial charge >= 0.3 is 5.91 Å². The van der Waals surface area contributed by atoms with Gasteiger partial charge in [-0.05, 0) is 68.4 Å². The van der Waals surface area contributed by atoms with Gasteiger partial charge in [0.1, 0.15) is 18.1 Å². The van der Waals surface area contributed by atoms with Gasteiger partial charge in [-0.2, -0.15) is 5.10 Å². The van der Waals surface area contributed by atoms with Crippen molar-refractivity contribution in [2.45, 2.75) is 20.5 Å². The Morgan fingerprint density at radius 2 is 1.87 bits per heavy atom. The molecule has 7 heteroatoms. The number of carbonyl (C=O) groups excluding carboxylic acids is 1. The number of hydrazone groups is 1. The first kappa shape index (κ1) is 20.2. The summed E-state index contributed by atoms with van der Waals surface area (Å²) in [5.41, 5.74) is 6.65. The Balaban J connectivity index is 1.32. The van der Waals surface area contributed by atoms with Gasteiger partial charge in [-0.1, -0.05) is 6.07 Å². The second kappa shape index (κ2) is 9.13. The first-order valence-corrected chi connectivity index (χ1v) is 9.80. The van der Waals surface area contributed by atoms with Crippen LogP contribution >= 0.6 is 0 Å². The Bertz CT molecular complexity index is 1170. The van der Waals surface area contributed by atoms with Crippen molar-refractivity contribution < 1.29 is 13.9 Å². The molecule has 1 aromatic carbocycles. The van der Waals surface area contributed by atoms with Gasteiger partial charge in [0.25, 0.3) is 0 Å². The monoisotopic (exact) mass is 414 g/mol. The Morgan fingerprint density at radius 3 is 2.58 bits per heavy atom. The van der Waals surface area contributed by atoms with Crippen LogP contribution in [0.15, 0.2) is 82.6 Å². The summed E-state index contributed by atoms with van der Waals surface area (Å²) < 4.78 is 13.5. The van der Waals surface area contributed by atoms with E-state index in [1.807, 2.05) is 30.3 Å². The van der Waals surface area contributed by atoms with Crippen molar-refractivity contribution in [3.05, 3.63) is 102 Å².